The Hall–Kier alpha value is -3.54. The van der Waals surface area contributed by atoms with Gasteiger partial charge in [-0.2, -0.15) is 15.6 Å². The highest BCUT2D eigenvalue weighted by atomic mass is 31.2. The van der Waals surface area contributed by atoms with Crippen molar-refractivity contribution < 1.29 is 42.9 Å². The molecular weight excluding hydrogens is 753 g/mol. The molecule has 3 aromatic heterocycles. The van der Waals surface area contributed by atoms with Crippen molar-refractivity contribution in [3.05, 3.63) is 53.7 Å². The molecule has 17 heteroatoms. The van der Waals surface area contributed by atoms with Crippen LogP contribution in [0.15, 0.2) is 36.7 Å². The van der Waals surface area contributed by atoms with Gasteiger partial charge in [-0.15, -0.1) is 0 Å². The van der Waals surface area contributed by atoms with Gasteiger partial charge in [-0.05, 0) is 30.7 Å². The van der Waals surface area contributed by atoms with Crippen LogP contribution in [0.5, 0.6) is 0 Å². The molecule has 4 rings (SSSR count). The second kappa shape index (κ2) is 24.4. The molecule has 0 amide bonds. The Labute approximate surface area is 335 Å². The summed E-state index contributed by atoms with van der Waals surface area (Å²) < 4.78 is 42.4. The number of nitrogens with two attached hydrogens (primary N) is 1. The summed E-state index contributed by atoms with van der Waals surface area (Å²) in [6.07, 6.45) is 15.9. The van der Waals surface area contributed by atoms with Crippen molar-refractivity contribution in [2.75, 3.05) is 32.2 Å². The fourth-order valence-electron chi connectivity index (χ4n) is 6.80. The molecular formula is C40H60N7O9P. The number of nitrogen functional groups attached to an aromatic ring is 1. The number of pyridine rings is 1. The largest absolute Gasteiger partial charge is 0.472 e. The van der Waals surface area contributed by atoms with Gasteiger partial charge in [-0.25, -0.2) is 19.0 Å². The van der Waals surface area contributed by atoms with E-state index < -0.39 is 51.1 Å². The lowest BCUT2D eigenvalue weighted by molar-refractivity contribution is -0.0791. The summed E-state index contributed by atoms with van der Waals surface area (Å²) in [5.74, 6) is 0.164. The van der Waals surface area contributed by atoms with Gasteiger partial charge in [0.15, 0.2) is 5.82 Å². The molecule has 0 spiro atoms. The number of aliphatic hydroxyl groups is 2. The zero-order chi connectivity index (χ0) is 40.9. The number of aliphatic hydroxyl groups excluding tert-OH is 2. The Bertz CT molecular complexity index is 1770. The number of ether oxygens (including phenoxy) is 3. The summed E-state index contributed by atoms with van der Waals surface area (Å²) in [6, 6.07) is 11.8. The average molecular weight is 814 g/mol. The molecule has 1 saturated heterocycles. The van der Waals surface area contributed by atoms with E-state index in [0.29, 0.717) is 17.8 Å². The van der Waals surface area contributed by atoms with Crippen LogP contribution in [0.3, 0.4) is 0 Å². The van der Waals surface area contributed by atoms with E-state index in [0.717, 1.165) is 19.3 Å². The number of aromatic nitrogens is 4. The number of rotatable bonds is 29. The number of fused-ring (bicyclic) bond motifs is 1. The molecule has 1 fully saturated rings. The van der Waals surface area contributed by atoms with Crippen LogP contribution in [-0.4, -0.2) is 85.0 Å². The minimum atomic E-state index is -4.87. The summed E-state index contributed by atoms with van der Waals surface area (Å²) in [7, 11) is -4.87. The Morgan fingerprint density at radius 3 is 2.21 bits per heavy atom. The van der Waals surface area contributed by atoms with Crippen LogP contribution >= 0.6 is 7.82 Å². The summed E-state index contributed by atoms with van der Waals surface area (Å²) in [4.78, 5) is 18.7. The smallest absolute Gasteiger partial charge is 0.387 e. The number of phosphoric acid groups is 1. The van der Waals surface area contributed by atoms with E-state index in [-0.39, 0.29) is 30.4 Å². The first-order valence-corrected chi connectivity index (χ1v) is 21.8. The molecule has 4 heterocycles. The maximum atomic E-state index is 13.1. The number of hydrogen-bond donors (Lipinski definition) is 4. The molecule has 16 nitrogen and oxygen atoms in total. The number of phosphoric ester groups is 1. The topological polar surface area (TPSA) is 241 Å². The molecule has 6 atom stereocenters. The summed E-state index contributed by atoms with van der Waals surface area (Å²) in [5, 5.41) is 45.1. The zero-order valence-electron chi connectivity index (χ0n) is 33.1. The summed E-state index contributed by atoms with van der Waals surface area (Å²) >= 11 is 0. The van der Waals surface area contributed by atoms with E-state index >= 15 is 0 Å². The van der Waals surface area contributed by atoms with E-state index in [9.17, 15) is 30.2 Å². The highest BCUT2D eigenvalue weighted by Crippen LogP contribution is 2.47. The third-order valence-electron chi connectivity index (χ3n) is 10.1. The maximum absolute atomic E-state index is 13.1. The quantitative estimate of drug-likeness (QED) is 0.0425. The standard InChI is InChI=1S/C40H60N7O9P/c1-2-3-4-5-6-7-8-9-10-11-12-13-14-15-16-17-23-52-26-33(53-25-32-20-18-19-31(24-41)46-32)27-54-57(50,51)55-29-40(28-42)38(49)36(48)37(56-40)34-21-22-35-39(43)44-30-45-47(34)35/h18-22,30,33,36-38,48-49H,2-17,23,25-27,29H2,1H3,(H,50,51)(H2,43,44,45)/t33-,36+,37+,38+,40-/m1/s1. The van der Waals surface area contributed by atoms with Gasteiger partial charge in [0, 0.05) is 6.61 Å². The van der Waals surface area contributed by atoms with Crippen LogP contribution < -0.4 is 5.73 Å². The fraction of sp³-hybridized carbons (Fsp3) is 0.675. The van der Waals surface area contributed by atoms with Gasteiger partial charge in [-0.1, -0.05) is 109 Å². The molecule has 5 N–H and O–H groups in total. The second-order valence-electron chi connectivity index (χ2n) is 14.7. The molecule has 0 aromatic carbocycles. The van der Waals surface area contributed by atoms with Crippen LogP contribution in [0.25, 0.3) is 5.52 Å². The number of unbranched alkanes of at least 4 members (excludes halogenated alkanes) is 15. The van der Waals surface area contributed by atoms with E-state index in [1.165, 1.54) is 94.3 Å². The Morgan fingerprint density at radius 1 is 0.930 bits per heavy atom. The van der Waals surface area contributed by atoms with Gasteiger partial charge < -0.3 is 35.1 Å². The lowest BCUT2D eigenvalue weighted by Gasteiger charge is -2.25. The minimum absolute atomic E-state index is 0.0234. The number of hydrogen-bond acceptors (Lipinski definition) is 14. The molecule has 0 aliphatic carbocycles. The molecule has 3 aromatic rings. The molecule has 57 heavy (non-hydrogen) atoms. The van der Waals surface area contributed by atoms with E-state index in [1.807, 2.05) is 6.07 Å². The van der Waals surface area contributed by atoms with Crippen LogP contribution in [0, 0.1) is 22.7 Å². The van der Waals surface area contributed by atoms with Crippen molar-refractivity contribution in [3.63, 3.8) is 0 Å². The highest BCUT2D eigenvalue weighted by Gasteiger charge is 2.57. The molecule has 0 radical (unpaired) electrons. The van der Waals surface area contributed by atoms with E-state index in [2.05, 4.69) is 22.0 Å². The molecule has 0 saturated carbocycles. The van der Waals surface area contributed by atoms with Gasteiger partial charge in [-0.3, -0.25) is 9.05 Å². The van der Waals surface area contributed by atoms with Crippen LogP contribution in [0.1, 0.15) is 133 Å². The van der Waals surface area contributed by atoms with Crippen LogP contribution in [0.4, 0.5) is 5.82 Å². The van der Waals surface area contributed by atoms with E-state index in [4.69, 9.17) is 29.0 Å². The Balaban J connectivity index is 1.19. The maximum Gasteiger partial charge on any atom is 0.472 e. The molecule has 1 aliphatic rings. The second-order valence-corrected chi connectivity index (χ2v) is 16.1. The number of nitrogens with zero attached hydrogens (tertiary/aromatic N) is 6. The van der Waals surface area contributed by atoms with Gasteiger partial charge in [0.1, 0.15) is 60.7 Å². The Kier molecular flexibility index (Phi) is 19.8. The summed E-state index contributed by atoms with van der Waals surface area (Å²) in [5.41, 5.74) is 5.03. The monoisotopic (exact) mass is 813 g/mol. The minimum Gasteiger partial charge on any atom is -0.387 e. The third-order valence-corrected chi connectivity index (χ3v) is 11.1. The van der Waals surface area contributed by atoms with E-state index in [1.54, 1.807) is 36.4 Å². The highest BCUT2D eigenvalue weighted by molar-refractivity contribution is 7.47. The first-order chi connectivity index (χ1) is 27.6. The first kappa shape index (κ1) is 46.2. The molecule has 314 valence electrons. The molecule has 0 bridgehead atoms. The number of nitriles is 2. The fourth-order valence-corrected chi connectivity index (χ4v) is 7.59. The predicted molar refractivity (Wildman–Crippen MR) is 211 cm³/mol. The lowest BCUT2D eigenvalue weighted by Crippen LogP contribution is -2.45. The van der Waals surface area contributed by atoms with Crippen molar-refractivity contribution >= 4 is 19.2 Å². The first-order valence-electron chi connectivity index (χ1n) is 20.3. The van der Waals surface area contributed by atoms with Gasteiger partial charge in [0.25, 0.3) is 0 Å². The number of anilines is 1. The van der Waals surface area contributed by atoms with Gasteiger partial charge in [0.2, 0.25) is 5.60 Å². The third kappa shape index (κ3) is 14.7. The predicted octanol–water partition coefficient (Wildman–Crippen LogP) is 6.63. The van der Waals surface area contributed by atoms with Gasteiger partial charge >= 0.3 is 7.82 Å². The van der Waals surface area contributed by atoms with Crippen molar-refractivity contribution in [1.29, 1.82) is 10.5 Å². The molecule has 1 aliphatic heterocycles. The SMILES string of the molecule is CCCCCCCCCCCCCCCCCCOC[C@H](COP(=O)(O)OC[C@@]1(C#N)O[C@@H](c2ccc3c(N)ncnn23)[C@H](O)[C@@H]1O)OCc1cccc(C#N)n1. The van der Waals surface area contributed by atoms with Crippen molar-refractivity contribution in [1.82, 2.24) is 19.6 Å². The van der Waals surface area contributed by atoms with Crippen LogP contribution in [0.2, 0.25) is 0 Å². The lowest BCUT2D eigenvalue weighted by atomic mass is 9.96. The van der Waals surface area contributed by atoms with Gasteiger partial charge in [0.05, 0.1) is 31.2 Å². The summed E-state index contributed by atoms with van der Waals surface area (Å²) in [6.45, 7) is 1.38. The average Bonchev–Trinajstić information content (AvgIpc) is 3.76. The Morgan fingerprint density at radius 2 is 1.58 bits per heavy atom. The van der Waals surface area contributed by atoms with Crippen molar-refractivity contribution in [3.8, 4) is 12.1 Å². The van der Waals surface area contributed by atoms with Crippen molar-refractivity contribution in [2.45, 2.75) is 146 Å². The molecule has 1 unspecified atom stereocenters. The van der Waals surface area contributed by atoms with Crippen LogP contribution in [-0.2, 0) is 34.4 Å². The zero-order valence-corrected chi connectivity index (χ0v) is 34.0. The van der Waals surface area contributed by atoms with Crippen molar-refractivity contribution in [2.24, 2.45) is 0 Å². The normalized spacial score (nSPS) is 21.0.